The van der Waals surface area contributed by atoms with E-state index in [0.717, 1.165) is 50.1 Å². The number of unbranched alkanes of at least 4 members (excludes halogenated alkanes) is 2. The maximum absolute atomic E-state index is 12.1. The van der Waals surface area contributed by atoms with Crippen molar-refractivity contribution < 1.29 is 62.1 Å². The fourth-order valence-electron chi connectivity index (χ4n) is 4.33. The van der Waals surface area contributed by atoms with E-state index in [1.807, 2.05) is 12.1 Å². The predicted molar refractivity (Wildman–Crippen MR) is 215 cm³/mol. The lowest BCUT2D eigenvalue weighted by molar-refractivity contribution is -0.0253. The van der Waals surface area contributed by atoms with E-state index in [1.165, 1.54) is 0 Å². The molecule has 2 aromatic rings. The minimum atomic E-state index is -0.884. The largest absolute Gasteiger partial charge is 0.478 e. The zero-order valence-corrected chi connectivity index (χ0v) is 33.9. The van der Waals surface area contributed by atoms with Gasteiger partial charge in [-0.05, 0) is 61.4 Å². The quantitative estimate of drug-likeness (QED) is 0.0584. The van der Waals surface area contributed by atoms with Gasteiger partial charge in [-0.15, -0.1) is 0 Å². The van der Waals surface area contributed by atoms with Crippen molar-refractivity contribution in [2.75, 3.05) is 150 Å². The first-order valence-electron chi connectivity index (χ1n) is 19.7. The number of hydrogen-bond donors (Lipinski definition) is 3. The van der Waals surface area contributed by atoms with E-state index in [9.17, 15) is 9.59 Å². The molecule has 56 heavy (non-hydrogen) atoms. The summed E-state index contributed by atoms with van der Waals surface area (Å²) in [4.78, 5) is 22.6. The first-order chi connectivity index (χ1) is 27.5. The van der Waals surface area contributed by atoms with Gasteiger partial charge < -0.3 is 63.1 Å². The maximum atomic E-state index is 12.1. The van der Waals surface area contributed by atoms with Gasteiger partial charge in [-0.25, -0.2) is 9.59 Å². The third kappa shape index (κ3) is 30.8. The fourth-order valence-corrected chi connectivity index (χ4v) is 4.33. The Morgan fingerprint density at radius 1 is 0.464 bits per heavy atom. The number of carbonyl (C=O) groups is 2. The SMILES string of the molecule is CCCCNc1ccc(C(=O)O)cc1.CCCCNc1ccc(C(=O)OCCOCCOCCOCCOCCOCCOCCOCCOCCOC)cc1. The van der Waals surface area contributed by atoms with Gasteiger partial charge in [0, 0.05) is 31.6 Å². The van der Waals surface area contributed by atoms with Crippen LogP contribution in [0.15, 0.2) is 48.5 Å². The van der Waals surface area contributed by atoms with Crippen molar-refractivity contribution in [3.05, 3.63) is 59.7 Å². The van der Waals surface area contributed by atoms with Gasteiger partial charge in [0.15, 0.2) is 0 Å². The number of carboxylic acids is 1. The summed E-state index contributed by atoms with van der Waals surface area (Å²) in [5, 5.41) is 15.2. The number of hydrogen-bond acceptors (Lipinski definition) is 14. The number of rotatable bonds is 37. The molecule has 2 rings (SSSR count). The van der Waals surface area contributed by atoms with E-state index in [2.05, 4.69) is 24.5 Å². The maximum Gasteiger partial charge on any atom is 0.338 e. The molecular formula is C41H68N2O13. The molecule has 15 nitrogen and oxygen atoms in total. The topological polar surface area (TPSA) is 171 Å². The molecule has 0 radical (unpaired) electrons. The molecule has 0 atom stereocenters. The van der Waals surface area contributed by atoms with Gasteiger partial charge in [0.1, 0.15) is 6.61 Å². The molecule has 3 N–H and O–H groups in total. The molecule has 15 heteroatoms. The third-order valence-corrected chi connectivity index (χ3v) is 7.47. The number of methoxy groups -OCH3 is 1. The summed E-state index contributed by atoms with van der Waals surface area (Å²) in [6, 6.07) is 14.1. The lowest BCUT2D eigenvalue weighted by Crippen LogP contribution is -2.15. The van der Waals surface area contributed by atoms with Gasteiger partial charge in [-0.3, -0.25) is 0 Å². The van der Waals surface area contributed by atoms with Crippen LogP contribution in [0.25, 0.3) is 0 Å². The highest BCUT2D eigenvalue weighted by molar-refractivity contribution is 5.89. The summed E-state index contributed by atoms with van der Waals surface area (Å²) >= 11 is 0. The van der Waals surface area contributed by atoms with Crippen molar-refractivity contribution in [2.24, 2.45) is 0 Å². The van der Waals surface area contributed by atoms with Gasteiger partial charge >= 0.3 is 11.9 Å². The molecule has 0 fully saturated rings. The summed E-state index contributed by atoms with van der Waals surface area (Å²) < 4.78 is 53.5. The van der Waals surface area contributed by atoms with E-state index in [1.54, 1.807) is 43.5 Å². The minimum Gasteiger partial charge on any atom is -0.478 e. The number of carbonyl (C=O) groups excluding carboxylic acids is 1. The van der Waals surface area contributed by atoms with Gasteiger partial charge in [-0.1, -0.05) is 26.7 Å². The number of ether oxygens (including phenoxy) is 10. The second-order valence-corrected chi connectivity index (χ2v) is 12.0. The van der Waals surface area contributed by atoms with E-state index >= 15 is 0 Å². The minimum absolute atomic E-state index is 0.194. The molecule has 0 aliphatic carbocycles. The van der Waals surface area contributed by atoms with Crippen LogP contribution < -0.4 is 10.6 Å². The highest BCUT2D eigenvalue weighted by Crippen LogP contribution is 2.11. The molecule has 0 saturated carbocycles. The Morgan fingerprint density at radius 3 is 1.07 bits per heavy atom. The van der Waals surface area contributed by atoms with Crippen LogP contribution in [0.2, 0.25) is 0 Å². The Balaban J connectivity index is 0.000000933. The van der Waals surface area contributed by atoms with Crippen LogP contribution in [0.5, 0.6) is 0 Å². The van der Waals surface area contributed by atoms with Gasteiger partial charge in [-0.2, -0.15) is 0 Å². The first-order valence-corrected chi connectivity index (χ1v) is 19.7. The molecule has 0 spiro atoms. The summed E-state index contributed by atoms with van der Waals surface area (Å²) in [5.41, 5.74) is 2.82. The number of benzene rings is 2. The average Bonchev–Trinajstić information content (AvgIpc) is 3.21. The molecule has 0 unspecified atom stereocenters. The summed E-state index contributed by atoms with van der Waals surface area (Å²) in [6.07, 6.45) is 4.53. The Hall–Kier alpha value is -3.38. The molecule has 0 aromatic heterocycles. The molecular weight excluding hydrogens is 728 g/mol. The van der Waals surface area contributed by atoms with Gasteiger partial charge in [0.2, 0.25) is 0 Å². The second kappa shape index (κ2) is 38.5. The van der Waals surface area contributed by atoms with Crippen LogP contribution >= 0.6 is 0 Å². The summed E-state index contributed by atoms with van der Waals surface area (Å²) in [5.74, 6) is -1.24. The van der Waals surface area contributed by atoms with E-state index in [0.29, 0.717) is 123 Å². The summed E-state index contributed by atoms with van der Waals surface area (Å²) in [6.45, 7) is 14.8. The predicted octanol–water partition coefficient (Wildman–Crippen LogP) is 5.43. The Labute approximate surface area is 333 Å². The van der Waals surface area contributed by atoms with E-state index in [-0.39, 0.29) is 12.6 Å². The molecule has 320 valence electrons. The van der Waals surface area contributed by atoms with Gasteiger partial charge in [0.05, 0.1) is 123 Å². The van der Waals surface area contributed by atoms with Crippen molar-refractivity contribution in [2.45, 2.75) is 39.5 Å². The monoisotopic (exact) mass is 796 g/mol. The van der Waals surface area contributed by atoms with Crippen molar-refractivity contribution in [3.63, 3.8) is 0 Å². The standard InChI is InChI=1S/C30H53NO11.C11H15NO2/c1-3-4-9-31-29-7-5-28(6-8-29)30(32)42-27-26-41-25-24-40-23-22-39-21-20-38-19-18-37-17-16-36-15-14-35-13-12-34-11-10-33-2;1-2-3-8-12-10-6-4-9(5-7-10)11(13)14/h5-8,31H,3-4,9-27H2,1-2H3;4-7,12H,2-3,8H2,1H3,(H,13,14). The number of carboxylic acid groups (broad SMARTS) is 1. The third-order valence-electron chi connectivity index (χ3n) is 7.47. The number of anilines is 2. The lowest BCUT2D eigenvalue weighted by atomic mass is 10.2. The Kier molecular flexibility index (Phi) is 34.8. The first kappa shape index (κ1) is 50.6. The number of aromatic carboxylic acids is 1. The van der Waals surface area contributed by atoms with E-state index in [4.69, 9.17) is 52.5 Å². The second-order valence-electron chi connectivity index (χ2n) is 12.0. The molecule has 0 bridgehead atoms. The lowest BCUT2D eigenvalue weighted by Gasteiger charge is -2.09. The summed E-state index contributed by atoms with van der Waals surface area (Å²) in [7, 11) is 1.64. The highest BCUT2D eigenvalue weighted by Gasteiger charge is 2.07. The Bertz CT molecular complexity index is 1170. The molecule has 0 amide bonds. The Morgan fingerprint density at radius 2 is 0.768 bits per heavy atom. The van der Waals surface area contributed by atoms with E-state index < -0.39 is 5.97 Å². The van der Waals surface area contributed by atoms with Crippen molar-refractivity contribution >= 4 is 23.3 Å². The van der Waals surface area contributed by atoms with Crippen molar-refractivity contribution in [3.8, 4) is 0 Å². The normalized spacial score (nSPS) is 10.8. The fraction of sp³-hybridized carbons (Fsp3) is 0.659. The van der Waals surface area contributed by atoms with Crippen molar-refractivity contribution in [1.29, 1.82) is 0 Å². The highest BCUT2D eigenvalue weighted by atomic mass is 16.6. The van der Waals surface area contributed by atoms with Crippen LogP contribution in [0, 0.1) is 0 Å². The van der Waals surface area contributed by atoms with Crippen LogP contribution in [-0.4, -0.2) is 156 Å². The molecule has 0 saturated heterocycles. The zero-order valence-electron chi connectivity index (χ0n) is 33.9. The molecule has 2 aromatic carbocycles. The van der Waals surface area contributed by atoms with Crippen LogP contribution in [-0.2, 0) is 47.4 Å². The smallest absolute Gasteiger partial charge is 0.338 e. The average molecular weight is 797 g/mol. The number of esters is 1. The molecule has 0 aliphatic heterocycles. The van der Waals surface area contributed by atoms with Gasteiger partial charge in [0.25, 0.3) is 0 Å². The molecule has 0 aliphatic rings. The van der Waals surface area contributed by atoms with Crippen LogP contribution in [0.4, 0.5) is 11.4 Å². The van der Waals surface area contributed by atoms with Crippen LogP contribution in [0.3, 0.4) is 0 Å². The molecule has 0 heterocycles. The van der Waals surface area contributed by atoms with Crippen molar-refractivity contribution in [1.82, 2.24) is 0 Å². The zero-order chi connectivity index (χ0) is 40.6. The van der Waals surface area contributed by atoms with Crippen LogP contribution in [0.1, 0.15) is 60.2 Å². The number of nitrogens with one attached hydrogen (secondary N) is 2.